The fourth-order valence-corrected chi connectivity index (χ4v) is 1.84. The second kappa shape index (κ2) is 5.68. The molecule has 19 heavy (non-hydrogen) atoms. The molecular weight excluding hydrogens is 270 g/mol. The van der Waals surface area contributed by atoms with Crippen molar-refractivity contribution in [3.8, 4) is 6.07 Å². The molecule has 2 rings (SSSR count). The average molecular weight is 279 g/mol. The number of hydrogen-bond acceptors (Lipinski definition) is 2. The molecule has 2 aromatic carbocycles. The first-order valence-corrected chi connectivity index (χ1v) is 5.85. The van der Waals surface area contributed by atoms with Gasteiger partial charge in [-0.05, 0) is 36.4 Å². The zero-order valence-corrected chi connectivity index (χ0v) is 10.5. The van der Waals surface area contributed by atoms with Crippen LogP contribution in [0.2, 0.25) is 5.02 Å². The van der Waals surface area contributed by atoms with Gasteiger partial charge in [0.25, 0.3) is 0 Å². The van der Waals surface area contributed by atoms with E-state index in [2.05, 4.69) is 5.32 Å². The maximum Gasteiger partial charge on any atom is 0.128 e. The molecule has 0 radical (unpaired) electrons. The summed E-state index contributed by atoms with van der Waals surface area (Å²) < 4.78 is 26.4. The summed E-state index contributed by atoms with van der Waals surface area (Å²) in [5.74, 6) is -0.849. The van der Waals surface area contributed by atoms with Gasteiger partial charge in [-0.25, -0.2) is 8.78 Å². The number of rotatable bonds is 3. The molecule has 0 amide bonds. The van der Waals surface area contributed by atoms with Crippen molar-refractivity contribution in [2.75, 3.05) is 5.32 Å². The SMILES string of the molecule is N#Cc1ccc(F)c(CNc2ccc(F)cc2Cl)c1. The highest BCUT2D eigenvalue weighted by Gasteiger charge is 2.06. The van der Waals surface area contributed by atoms with Crippen LogP contribution in [-0.4, -0.2) is 0 Å². The van der Waals surface area contributed by atoms with Gasteiger partial charge in [0.1, 0.15) is 11.6 Å². The van der Waals surface area contributed by atoms with Crippen molar-refractivity contribution in [1.82, 2.24) is 0 Å². The van der Waals surface area contributed by atoms with Crippen molar-refractivity contribution in [2.24, 2.45) is 0 Å². The Balaban J connectivity index is 2.16. The maximum absolute atomic E-state index is 13.5. The second-order valence-electron chi connectivity index (χ2n) is 3.90. The monoisotopic (exact) mass is 278 g/mol. The van der Waals surface area contributed by atoms with Gasteiger partial charge in [-0.15, -0.1) is 0 Å². The van der Waals surface area contributed by atoms with Crippen LogP contribution in [0, 0.1) is 23.0 Å². The van der Waals surface area contributed by atoms with Crippen LogP contribution in [0.3, 0.4) is 0 Å². The van der Waals surface area contributed by atoms with E-state index in [0.717, 1.165) is 0 Å². The predicted octanol–water partition coefficient (Wildman–Crippen LogP) is 4.10. The Morgan fingerprint density at radius 3 is 2.63 bits per heavy atom. The van der Waals surface area contributed by atoms with Crippen LogP contribution in [0.15, 0.2) is 36.4 Å². The smallest absolute Gasteiger partial charge is 0.128 e. The molecule has 0 unspecified atom stereocenters. The number of halogens is 3. The van der Waals surface area contributed by atoms with Gasteiger partial charge in [0.2, 0.25) is 0 Å². The molecule has 0 aliphatic heterocycles. The summed E-state index contributed by atoms with van der Waals surface area (Å²) in [6.07, 6.45) is 0. The lowest BCUT2D eigenvalue weighted by Gasteiger charge is -2.09. The fourth-order valence-electron chi connectivity index (χ4n) is 1.60. The van der Waals surface area contributed by atoms with E-state index >= 15 is 0 Å². The van der Waals surface area contributed by atoms with Gasteiger partial charge in [-0.3, -0.25) is 0 Å². The van der Waals surface area contributed by atoms with Crippen LogP contribution in [0.25, 0.3) is 0 Å². The lowest BCUT2D eigenvalue weighted by atomic mass is 10.1. The van der Waals surface area contributed by atoms with Crippen LogP contribution >= 0.6 is 11.6 Å². The number of nitrogens with one attached hydrogen (secondary N) is 1. The molecule has 5 heteroatoms. The number of nitriles is 1. The highest BCUT2D eigenvalue weighted by molar-refractivity contribution is 6.33. The van der Waals surface area contributed by atoms with E-state index in [4.69, 9.17) is 16.9 Å². The number of benzene rings is 2. The lowest BCUT2D eigenvalue weighted by molar-refractivity contribution is 0.612. The number of anilines is 1. The van der Waals surface area contributed by atoms with Crippen LogP contribution in [0.1, 0.15) is 11.1 Å². The van der Waals surface area contributed by atoms with Gasteiger partial charge in [0.05, 0.1) is 22.3 Å². The molecule has 1 N–H and O–H groups in total. The summed E-state index contributed by atoms with van der Waals surface area (Å²) in [6.45, 7) is 0.159. The van der Waals surface area contributed by atoms with Gasteiger partial charge < -0.3 is 5.32 Å². The Morgan fingerprint density at radius 1 is 1.16 bits per heavy atom. The van der Waals surface area contributed by atoms with Crippen LogP contribution in [-0.2, 0) is 6.54 Å². The van der Waals surface area contributed by atoms with Gasteiger partial charge in [0.15, 0.2) is 0 Å². The minimum Gasteiger partial charge on any atom is -0.380 e. The third-order valence-electron chi connectivity index (χ3n) is 2.58. The average Bonchev–Trinajstić information content (AvgIpc) is 2.39. The molecule has 0 bridgehead atoms. The predicted molar refractivity (Wildman–Crippen MR) is 69.9 cm³/mol. The van der Waals surface area contributed by atoms with Crippen molar-refractivity contribution < 1.29 is 8.78 Å². The molecule has 2 nitrogen and oxygen atoms in total. The molecule has 2 aromatic rings. The Labute approximate surface area is 114 Å². The summed E-state index contributed by atoms with van der Waals surface area (Å²) in [5, 5.41) is 11.9. The van der Waals surface area contributed by atoms with Crippen molar-refractivity contribution in [3.05, 3.63) is 64.2 Å². The van der Waals surface area contributed by atoms with Crippen molar-refractivity contribution >= 4 is 17.3 Å². The zero-order chi connectivity index (χ0) is 13.8. The third kappa shape index (κ3) is 3.21. The molecule has 0 aliphatic carbocycles. The first kappa shape index (κ1) is 13.3. The molecule has 0 aliphatic rings. The Hall–Kier alpha value is -2.12. The van der Waals surface area contributed by atoms with E-state index in [1.165, 1.54) is 36.4 Å². The van der Waals surface area contributed by atoms with E-state index in [-0.39, 0.29) is 11.6 Å². The van der Waals surface area contributed by atoms with Crippen molar-refractivity contribution in [3.63, 3.8) is 0 Å². The summed E-state index contributed by atoms with van der Waals surface area (Å²) in [4.78, 5) is 0. The Bertz CT molecular complexity index is 650. The normalized spacial score (nSPS) is 10.0. The first-order chi connectivity index (χ1) is 9.10. The zero-order valence-electron chi connectivity index (χ0n) is 9.75. The van der Waals surface area contributed by atoms with E-state index in [1.807, 2.05) is 6.07 Å². The summed E-state index contributed by atoms with van der Waals surface area (Å²) in [5.41, 5.74) is 1.23. The number of nitrogens with zero attached hydrogens (tertiary/aromatic N) is 1. The summed E-state index contributed by atoms with van der Waals surface area (Å²) in [6, 6.07) is 9.95. The standard InChI is InChI=1S/C14H9ClF2N2/c15-12-6-11(16)2-4-14(12)19-8-10-5-9(7-18)1-3-13(10)17/h1-6,19H,8H2. The van der Waals surface area contributed by atoms with E-state index < -0.39 is 11.6 Å². The first-order valence-electron chi connectivity index (χ1n) is 5.47. The Morgan fingerprint density at radius 2 is 1.95 bits per heavy atom. The van der Waals surface area contributed by atoms with Crippen molar-refractivity contribution in [2.45, 2.75) is 6.54 Å². The summed E-state index contributed by atoms with van der Waals surface area (Å²) in [7, 11) is 0. The van der Waals surface area contributed by atoms with E-state index in [1.54, 1.807) is 0 Å². The van der Waals surface area contributed by atoms with Crippen LogP contribution in [0.5, 0.6) is 0 Å². The highest BCUT2D eigenvalue weighted by Crippen LogP contribution is 2.23. The third-order valence-corrected chi connectivity index (χ3v) is 2.89. The Kier molecular flexibility index (Phi) is 3.98. The second-order valence-corrected chi connectivity index (χ2v) is 4.30. The van der Waals surface area contributed by atoms with Gasteiger partial charge >= 0.3 is 0 Å². The van der Waals surface area contributed by atoms with Crippen LogP contribution in [0.4, 0.5) is 14.5 Å². The quantitative estimate of drug-likeness (QED) is 0.917. The molecule has 0 aromatic heterocycles. The minimum atomic E-state index is -0.437. The molecular formula is C14H9ClF2N2. The number of hydrogen-bond donors (Lipinski definition) is 1. The molecule has 0 spiro atoms. The molecule has 0 heterocycles. The van der Waals surface area contributed by atoms with E-state index in [0.29, 0.717) is 16.8 Å². The van der Waals surface area contributed by atoms with Crippen LogP contribution < -0.4 is 5.32 Å². The maximum atomic E-state index is 13.5. The fraction of sp³-hybridized carbons (Fsp3) is 0.0714. The topological polar surface area (TPSA) is 35.8 Å². The molecule has 0 saturated carbocycles. The molecule has 0 fully saturated rings. The van der Waals surface area contributed by atoms with Gasteiger partial charge in [0, 0.05) is 12.1 Å². The van der Waals surface area contributed by atoms with Crippen molar-refractivity contribution in [1.29, 1.82) is 5.26 Å². The lowest BCUT2D eigenvalue weighted by Crippen LogP contribution is -2.03. The van der Waals surface area contributed by atoms with E-state index in [9.17, 15) is 8.78 Å². The molecule has 0 atom stereocenters. The minimum absolute atomic E-state index is 0.159. The highest BCUT2D eigenvalue weighted by atomic mass is 35.5. The largest absolute Gasteiger partial charge is 0.380 e. The summed E-state index contributed by atoms with van der Waals surface area (Å²) >= 11 is 5.85. The molecule has 0 saturated heterocycles. The van der Waals surface area contributed by atoms with Gasteiger partial charge in [-0.2, -0.15) is 5.26 Å². The van der Waals surface area contributed by atoms with Gasteiger partial charge in [-0.1, -0.05) is 11.6 Å². The molecule has 96 valence electrons.